The van der Waals surface area contributed by atoms with Gasteiger partial charge in [0.2, 0.25) is 11.8 Å². The van der Waals surface area contributed by atoms with Crippen LogP contribution < -0.4 is 10.0 Å². The summed E-state index contributed by atoms with van der Waals surface area (Å²) >= 11 is 1.17. The summed E-state index contributed by atoms with van der Waals surface area (Å²) in [4.78, 5) is 28.9. The number of benzene rings is 3. The number of hydrogen-bond acceptors (Lipinski definition) is 7. The lowest BCUT2D eigenvalue weighted by atomic mass is 9.98. The van der Waals surface area contributed by atoms with Crippen LogP contribution in [0.1, 0.15) is 25.0 Å². The van der Waals surface area contributed by atoms with Crippen molar-refractivity contribution in [3.63, 3.8) is 0 Å². The summed E-state index contributed by atoms with van der Waals surface area (Å²) in [7, 11) is -3.98. The third-order valence-electron chi connectivity index (χ3n) is 5.90. The number of aromatic nitrogens is 1. The average Bonchev–Trinajstić information content (AvgIpc) is 2.93. The molecule has 10 heteroatoms. The molecule has 0 bridgehead atoms. The van der Waals surface area contributed by atoms with Gasteiger partial charge in [-0.15, -0.1) is 0 Å². The Kier molecular flexibility index (Phi) is 8.67. The standard InChI is InChI=1S/C30H26N4O4S2/c1-19-9-11-22(12-10-19)26-17-28(23-7-5-4-6-8-23)33-30(27(26)18-31)39-20(2)29(36)32-24-13-15-25(16-14-24)40(37,38)34-21(3)35/h4-17,20H,1-3H3,(H,32,36)(H,34,35). The maximum Gasteiger partial charge on any atom is 0.264 e. The molecule has 0 fully saturated rings. The molecule has 0 spiro atoms. The molecule has 1 heterocycles. The van der Waals surface area contributed by atoms with E-state index in [1.54, 1.807) is 6.92 Å². The van der Waals surface area contributed by atoms with Crippen LogP contribution in [0.2, 0.25) is 0 Å². The predicted octanol–water partition coefficient (Wildman–Crippen LogP) is 5.54. The molecule has 0 aliphatic rings. The zero-order valence-electron chi connectivity index (χ0n) is 22.0. The Hall–Kier alpha value is -4.46. The number of rotatable bonds is 8. The number of amides is 2. The van der Waals surface area contributed by atoms with E-state index >= 15 is 0 Å². The van der Waals surface area contributed by atoms with Crippen LogP contribution in [0.25, 0.3) is 22.4 Å². The van der Waals surface area contributed by atoms with E-state index in [2.05, 4.69) is 11.4 Å². The summed E-state index contributed by atoms with van der Waals surface area (Å²) in [6.45, 7) is 4.81. The zero-order chi connectivity index (χ0) is 28.9. The van der Waals surface area contributed by atoms with Gasteiger partial charge >= 0.3 is 0 Å². The molecule has 4 aromatic rings. The third kappa shape index (κ3) is 6.75. The van der Waals surface area contributed by atoms with Gasteiger partial charge in [-0.3, -0.25) is 9.59 Å². The molecular formula is C30H26N4O4S2. The average molecular weight is 571 g/mol. The van der Waals surface area contributed by atoms with Crippen LogP contribution in [0, 0.1) is 18.3 Å². The molecule has 3 aromatic carbocycles. The largest absolute Gasteiger partial charge is 0.325 e. The van der Waals surface area contributed by atoms with Gasteiger partial charge < -0.3 is 5.32 Å². The van der Waals surface area contributed by atoms with Gasteiger partial charge in [0.15, 0.2) is 0 Å². The van der Waals surface area contributed by atoms with E-state index < -0.39 is 21.2 Å². The smallest absolute Gasteiger partial charge is 0.264 e. The van der Waals surface area contributed by atoms with E-state index in [0.29, 0.717) is 22.0 Å². The second-order valence-electron chi connectivity index (χ2n) is 9.01. The highest BCUT2D eigenvalue weighted by molar-refractivity contribution is 8.00. The first-order valence-corrected chi connectivity index (χ1v) is 14.6. The Morgan fingerprint density at radius 1 is 0.950 bits per heavy atom. The van der Waals surface area contributed by atoms with Gasteiger partial charge in [-0.25, -0.2) is 18.1 Å². The molecule has 2 amide bonds. The molecule has 202 valence electrons. The molecule has 0 radical (unpaired) electrons. The molecule has 1 atom stereocenters. The zero-order valence-corrected chi connectivity index (χ0v) is 23.6. The quantitative estimate of drug-likeness (QED) is 0.266. The summed E-state index contributed by atoms with van der Waals surface area (Å²) in [6, 6.07) is 27.1. The lowest BCUT2D eigenvalue weighted by Gasteiger charge is -2.16. The normalized spacial score (nSPS) is 11.8. The number of nitriles is 1. The van der Waals surface area contributed by atoms with E-state index in [9.17, 15) is 23.3 Å². The Morgan fingerprint density at radius 2 is 1.60 bits per heavy atom. The van der Waals surface area contributed by atoms with E-state index in [1.807, 2.05) is 72.3 Å². The summed E-state index contributed by atoms with van der Waals surface area (Å²) in [5, 5.41) is 12.7. The number of nitrogens with zero attached hydrogens (tertiary/aromatic N) is 2. The number of hydrogen-bond donors (Lipinski definition) is 2. The Labute approximate surface area is 237 Å². The number of carbonyl (C=O) groups is 2. The number of nitrogens with one attached hydrogen (secondary N) is 2. The number of sulfonamides is 1. The second-order valence-corrected chi connectivity index (χ2v) is 12.0. The van der Waals surface area contributed by atoms with Crippen molar-refractivity contribution >= 4 is 39.3 Å². The van der Waals surface area contributed by atoms with Crippen molar-refractivity contribution < 1.29 is 18.0 Å². The van der Waals surface area contributed by atoms with Crippen molar-refractivity contribution in [3.8, 4) is 28.5 Å². The molecule has 0 saturated carbocycles. The van der Waals surface area contributed by atoms with Gasteiger partial charge in [0.05, 0.1) is 21.4 Å². The minimum atomic E-state index is -3.98. The number of carbonyl (C=O) groups excluding carboxylic acids is 2. The third-order valence-corrected chi connectivity index (χ3v) is 8.43. The monoisotopic (exact) mass is 570 g/mol. The van der Waals surface area contributed by atoms with Gasteiger partial charge in [-0.1, -0.05) is 71.9 Å². The van der Waals surface area contributed by atoms with Gasteiger partial charge in [0, 0.05) is 23.7 Å². The van der Waals surface area contributed by atoms with Crippen LogP contribution in [0.15, 0.2) is 94.9 Å². The maximum absolute atomic E-state index is 13.1. The topological polar surface area (TPSA) is 129 Å². The number of pyridine rings is 1. The predicted molar refractivity (Wildman–Crippen MR) is 156 cm³/mol. The first-order chi connectivity index (χ1) is 19.1. The van der Waals surface area contributed by atoms with Crippen molar-refractivity contribution in [2.75, 3.05) is 5.32 Å². The van der Waals surface area contributed by atoms with Gasteiger partial charge in [-0.05, 0) is 49.7 Å². The fourth-order valence-corrected chi connectivity index (χ4v) is 5.78. The maximum atomic E-state index is 13.1. The molecule has 1 aromatic heterocycles. The molecule has 0 aliphatic heterocycles. The van der Waals surface area contributed by atoms with E-state index in [-0.39, 0.29) is 10.8 Å². The Morgan fingerprint density at radius 3 is 2.20 bits per heavy atom. The first kappa shape index (κ1) is 28.5. The van der Waals surface area contributed by atoms with E-state index in [4.69, 9.17) is 4.98 Å². The lowest BCUT2D eigenvalue weighted by Crippen LogP contribution is -2.28. The van der Waals surface area contributed by atoms with Crippen LogP contribution in [0.5, 0.6) is 0 Å². The minimum Gasteiger partial charge on any atom is -0.325 e. The van der Waals surface area contributed by atoms with E-state index in [0.717, 1.165) is 29.2 Å². The fourth-order valence-electron chi connectivity index (χ4n) is 3.86. The Balaban J connectivity index is 1.62. The summed E-state index contributed by atoms with van der Waals surface area (Å²) in [6.07, 6.45) is 0. The molecule has 2 N–H and O–H groups in total. The van der Waals surface area contributed by atoms with Crippen LogP contribution in [0.3, 0.4) is 0 Å². The van der Waals surface area contributed by atoms with Crippen molar-refractivity contribution in [1.82, 2.24) is 9.71 Å². The van der Waals surface area contributed by atoms with Gasteiger partial charge in [0.1, 0.15) is 11.1 Å². The van der Waals surface area contributed by atoms with Crippen molar-refractivity contribution in [2.24, 2.45) is 0 Å². The highest BCUT2D eigenvalue weighted by Crippen LogP contribution is 2.36. The minimum absolute atomic E-state index is 0.104. The highest BCUT2D eigenvalue weighted by Gasteiger charge is 2.22. The van der Waals surface area contributed by atoms with Crippen LogP contribution >= 0.6 is 11.8 Å². The number of anilines is 1. The van der Waals surface area contributed by atoms with Crippen molar-refractivity contribution in [1.29, 1.82) is 5.26 Å². The van der Waals surface area contributed by atoms with Crippen molar-refractivity contribution in [2.45, 2.75) is 35.9 Å². The molecule has 0 aliphatic carbocycles. The molecule has 0 saturated heterocycles. The lowest BCUT2D eigenvalue weighted by molar-refractivity contribution is -0.117. The van der Waals surface area contributed by atoms with E-state index in [1.165, 1.54) is 36.0 Å². The molecular weight excluding hydrogens is 544 g/mol. The summed E-state index contributed by atoms with van der Waals surface area (Å²) < 4.78 is 26.2. The summed E-state index contributed by atoms with van der Waals surface area (Å²) in [5.74, 6) is -1.05. The van der Waals surface area contributed by atoms with Crippen LogP contribution in [0.4, 0.5) is 5.69 Å². The SMILES string of the molecule is CC(=O)NS(=O)(=O)c1ccc(NC(=O)C(C)Sc2nc(-c3ccccc3)cc(-c3ccc(C)cc3)c2C#N)cc1. The number of thioether (sulfide) groups is 1. The van der Waals surface area contributed by atoms with Crippen molar-refractivity contribution in [3.05, 3.63) is 96.1 Å². The molecule has 40 heavy (non-hydrogen) atoms. The Bertz CT molecular complexity index is 1700. The fraction of sp³-hybridized carbons (Fsp3) is 0.133. The number of aryl methyl sites for hydroxylation is 1. The van der Waals surface area contributed by atoms with Gasteiger partial charge in [0.25, 0.3) is 10.0 Å². The first-order valence-electron chi connectivity index (χ1n) is 12.3. The molecule has 1 unspecified atom stereocenters. The molecule has 4 rings (SSSR count). The molecule has 8 nitrogen and oxygen atoms in total. The van der Waals surface area contributed by atoms with Gasteiger partial charge in [-0.2, -0.15) is 5.26 Å². The second kappa shape index (κ2) is 12.2. The van der Waals surface area contributed by atoms with Crippen LogP contribution in [-0.4, -0.2) is 30.5 Å². The summed E-state index contributed by atoms with van der Waals surface area (Å²) in [5.41, 5.74) is 5.01. The highest BCUT2D eigenvalue weighted by atomic mass is 32.2. The van der Waals surface area contributed by atoms with Crippen LogP contribution in [-0.2, 0) is 19.6 Å².